The van der Waals surface area contributed by atoms with Crippen molar-refractivity contribution in [2.24, 2.45) is 5.73 Å². The van der Waals surface area contributed by atoms with Crippen LogP contribution in [0, 0.1) is 5.82 Å². The number of nitrogens with two attached hydrogens (primary N) is 1. The Morgan fingerprint density at radius 2 is 1.88 bits per heavy atom. The van der Waals surface area contributed by atoms with E-state index >= 15 is 0 Å². The van der Waals surface area contributed by atoms with Gasteiger partial charge in [0.2, 0.25) is 5.43 Å². The second kappa shape index (κ2) is 10.4. The standard InChI is InChI=1S/C16H16FN3O3S.C5H9NO4/c1-8-20-11-7-12(19-4-2-18-3-5-19)10(17)6-9(11)14(21)13(16(22)23)15(20)24-8;6-3(5(9)10)1-2-4(7)8/h6-8,18H,2-5H2,1H3,(H,22,23);3H,1-2,6H2,(H,7,8)(H,9,10)/t;3-/m.0/s1. The summed E-state index contributed by atoms with van der Waals surface area (Å²) in [7, 11) is 0. The summed E-state index contributed by atoms with van der Waals surface area (Å²) in [5.41, 5.74) is 5.18. The maximum absolute atomic E-state index is 14.6. The summed E-state index contributed by atoms with van der Waals surface area (Å²) in [6.07, 6.45) is -0.224. The highest BCUT2D eigenvalue weighted by Gasteiger charge is 2.33. The summed E-state index contributed by atoms with van der Waals surface area (Å²) >= 11 is 1.35. The van der Waals surface area contributed by atoms with Gasteiger partial charge >= 0.3 is 17.9 Å². The fourth-order valence-electron chi connectivity index (χ4n) is 3.77. The second-order valence-corrected chi connectivity index (χ2v) is 9.14. The third kappa shape index (κ3) is 5.16. The number of carboxylic acid groups (broad SMARTS) is 3. The number of piperazine rings is 1. The summed E-state index contributed by atoms with van der Waals surface area (Å²) in [6, 6.07) is 1.81. The molecule has 2 aromatic rings. The molecular weight excluding hydrogens is 471 g/mol. The fourth-order valence-corrected chi connectivity index (χ4v) is 4.93. The highest BCUT2D eigenvalue weighted by molar-refractivity contribution is 8.00. The van der Waals surface area contributed by atoms with Gasteiger partial charge < -0.3 is 35.8 Å². The van der Waals surface area contributed by atoms with E-state index in [0.29, 0.717) is 29.3 Å². The average Bonchev–Trinajstić information content (AvgIpc) is 2.77. The fraction of sp³-hybridized carbons (Fsp3) is 0.429. The largest absolute Gasteiger partial charge is 0.481 e. The molecule has 2 aliphatic heterocycles. The molecule has 34 heavy (non-hydrogen) atoms. The topological polar surface area (TPSA) is 175 Å². The Hall–Kier alpha value is -3.16. The molecule has 1 unspecified atom stereocenters. The molecule has 1 aromatic heterocycles. The maximum atomic E-state index is 14.6. The van der Waals surface area contributed by atoms with Gasteiger partial charge in [0, 0.05) is 38.0 Å². The number of aliphatic carboxylic acids is 2. The number of carbonyl (C=O) groups is 3. The van der Waals surface area contributed by atoms with Gasteiger partial charge in [-0.05, 0) is 25.5 Å². The molecule has 1 aromatic carbocycles. The Morgan fingerprint density at radius 3 is 2.41 bits per heavy atom. The van der Waals surface area contributed by atoms with Gasteiger partial charge in [-0.3, -0.25) is 14.4 Å². The van der Waals surface area contributed by atoms with Crippen molar-refractivity contribution in [2.45, 2.75) is 36.2 Å². The highest BCUT2D eigenvalue weighted by Crippen LogP contribution is 2.46. The molecule has 1 saturated heterocycles. The number of carboxylic acids is 3. The smallest absolute Gasteiger partial charge is 0.342 e. The van der Waals surface area contributed by atoms with Gasteiger partial charge in [-0.2, -0.15) is 0 Å². The quantitative estimate of drug-likeness (QED) is 0.388. The number of nitrogens with one attached hydrogen (secondary N) is 1. The number of fused-ring (bicyclic) bond motifs is 3. The highest BCUT2D eigenvalue weighted by atomic mass is 32.2. The van der Waals surface area contributed by atoms with Crippen molar-refractivity contribution in [3.8, 4) is 0 Å². The minimum atomic E-state index is -1.27. The van der Waals surface area contributed by atoms with Crippen molar-refractivity contribution in [1.82, 2.24) is 9.88 Å². The van der Waals surface area contributed by atoms with Gasteiger partial charge in [0.05, 0.1) is 21.6 Å². The van der Waals surface area contributed by atoms with E-state index < -0.39 is 35.2 Å². The Morgan fingerprint density at radius 1 is 1.24 bits per heavy atom. The molecule has 0 saturated carbocycles. The minimum absolute atomic E-state index is 0.0162. The molecule has 0 amide bonds. The van der Waals surface area contributed by atoms with Crippen LogP contribution in [0.5, 0.6) is 0 Å². The molecule has 2 atom stereocenters. The number of thioether (sulfide) groups is 1. The molecule has 0 bridgehead atoms. The predicted octanol–water partition coefficient (Wildman–Crippen LogP) is 1.14. The van der Waals surface area contributed by atoms with Crippen molar-refractivity contribution >= 4 is 46.3 Å². The predicted molar refractivity (Wildman–Crippen MR) is 123 cm³/mol. The SMILES string of the molecule is CC1Sc2c(C(=O)O)c(=O)c3cc(F)c(N4CCNCC4)cc3n21.N[C@@H](CCC(=O)O)C(=O)O. The lowest BCUT2D eigenvalue weighted by Gasteiger charge is -2.34. The first-order chi connectivity index (χ1) is 16.0. The lowest BCUT2D eigenvalue weighted by atomic mass is 10.1. The van der Waals surface area contributed by atoms with E-state index in [2.05, 4.69) is 5.32 Å². The normalized spacial score (nSPS) is 17.7. The first kappa shape index (κ1) is 25.5. The first-order valence-electron chi connectivity index (χ1n) is 10.5. The molecule has 13 heteroatoms. The van der Waals surface area contributed by atoms with Crippen LogP contribution in [0.3, 0.4) is 0 Å². The third-order valence-electron chi connectivity index (χ3n) is 5.53. The number of benzene rings is 1. The molecule has 3 heterocycles. The summed E-state index contributed by atoms with van der Waals surface area (Å²) < 4.78 is 16.4. The summed E-state index contributed by atoms with van der Waals surface area (Å²) in [4.78, 5) is 45.8. The van der Waals surface area contributed by atoms with E-state index in [1.165, 1.54) is 17.8 Å². The zero-order valence-corrected chi connectivity index (χ0v) is 19.1. The number of nitrogens with zero attached hydrogens (tertiary/aromatic N) is 2. The summed E-state index contributed by atoms with van der Waals surface area (Å²) in [6.45, 7) is 4.87. The number of anilines is 1. The number of hydrogen-bond acceptors (Lipinski definition) is 8. The van der Waals surface area contributed by atoms with Crippen molar-refractivity contribution in [2.75, 3.05) is 31.1 Å². The number of rotatable bonds is 6. The maximum Gasteiger partial charge on any atom is 0.342 e. The lowest BCUT2D eigenvalue weighted by molar-refractivity contribution is -0.139. The van der Waals surface area contributed by atoms with Crippen LogP contribution in [-0.2, 0) is 9.59 Å². The van der Waals surface area contributed by atoms with E-state index in [9.17, 15) is 28.7 Å². The third-order valence-corrected chi connectivity index (χ3v) is 6.71. The molecule has 4 rings (SSSR count). The van der Waals surface area contributed by atoms with Crippen molar-refractivity contribution in [3.05, 3.63) is 33.7 Å². The van der Waals surface area contributed by atoms with E-state index in [1.54, 1.807) is 6.07 Å². The molecule has 0 aliphatic carbocycles. The Balaban J connectivity index is 0.000000277. The van der Waals surface area contributed by atoms with Crippen molar-refractivity contribution < 1.29 is 34.1 Å². The van der Waals surface area contributed by atoms with E-state index in [1.807, 2.05) is 16.4 Å². The van der Waals surface area contributed by atoms with Crippen LogP contribution in [0.1, 0.15) is 35.5 Å². The Kier molecular flexibility index (Phi) is 7.79. The molecule has 0 radical (unpaired) electrons. The van der Waals surface area contributed by atoms with Crippen LogP contribution in [0.15, 0.2) is 22.0 Å². The number of halogens is 1. The van der Waals surface area contributed by atoms with Crippen molar-refractivity contribution in [3.63, 3.8) is 0 Å². The van der Waals surface area contributed by atoms with Gasteiger partial charge in [-0.1, -0.05) is 11.8 Å². The van der Waals surface area contributed by atoms with Crippen LogP contribution in [0.2, 0.25) is 0 Å². The lowest BCUT2D eigenvalue weighted by Crippen LogP contribution is -2.44. The average molecular weight is 497 g/mol. The molecule has 1 fully saturated rings. The van der Waals surface area contributed by atoms with Crippen LogP contribution < -0.4 is 21.4 Å². The van der Waals surface area contributed by atoms with E-state index in [0.717, 1.165) is 13.1 Å². The van der Waals surface area contributed by atoms with Crippen molar-refractivity contribution in [1.29, 1.82) is 0 Å². The molecule has 11 nitrogen and oxygen atoms in total. The zero-order chi connectivity index (χ0) is 25.2. The summed E-state index contributed by atoms with van der Waals surface area (Å²) in [5.74, 6) is -3.95. The molecular formula is C21H25FN4O7S. The molecule has 184 valence electrons. The van der Waals surface area contributed by atoms with Gasteiger partial charge in [-0.15, -0.1) is 0 Å². The van der Waals surface area contributed by atoms with Gasteiger partial charge in [-0.25, -0.2) is 9.18 Å². The van der Waals surface area contributed by atoms with E-state index in [4.69, 9.17) is 15.9 Å². The Labute approximate surface area is 197 Å². The molecule has 2 aliphatic rings. The summed E-state index contributed by atoms with van der Waals surface area (Å²) in [5, 5.41) is 29.4. The van der Waals surface area contributed by atoms with Gasteiger partial charge in [0.15, 0.2) is 0 Å². The van der Waals surface area contributed by atoms with Crippen LogP contribution in [0.25, 0.3) is 10.9 Å². The number of aromatic nitrogens is 1. The van der Waals surface area contributed by atoms with Crippen LogP contribution in [0.4, 0.5) is 10.1 Å². The van der Waals surface area contributed by atoms with Crippen LogP contribution >= 0.6 is 11.8 Å². The first-order valence-corrected chi connectivity index (χ1v) is 11.4. The van der Waals surface area contributed by atoms with Gasteiger partial charge in [0.1, 0.15) is 17.4 Å². The molecule has 0 spiro atoms. The zero-order valence-electron chi connectivity index (χ0n) is 18.3. The second-order valence-electron chi connectivity index (χ2n) is 7.84. The Bertz CT molecular complexity index is 1200. The van der Waals surface area contributed by atoms with E-state index in [-0.39, 0.29) is 29.2 Å². The minimum Gasteiger partial charge on any atom is -0.481 e. The number of pyridine rings is 1. The molecule has 6 N–H and O–H groups in total. The van der Waals surface area contributed by atoms with Crippen LogP contribution in [-0.4, -0.2) is 70.0 Å². The number of aromatic carboxylic acids is 1. The van der Waals surface area contributed by atoms with Gasteiger partial charge in [0.25, 0.3) is 0 Å². The number of hydrogen-bond donors (Lipinski definition) is 5. The monoisotopic (exact) mass is 496 g/mol.